The van der Waals surface area contributed by atoms with Crippen LogP contribution in [0, 0.1) is 5.82 Å². The first-order chi connectivity index (χ1) is 12.9. The van der Waals surface area contributed by atoms with Crippen LogP contribution < -0.4 is 20.4 Å². The molecule has 0 spiro atoms. The van der Waals surface area contributed by atoms with Crippen molar-refractivity contribution in [2.75, 3.05) is 31.6 Å². The second kappa shape index (κ2) is 6.53. The summed E-state index contributed by atoms with van der Waals surface area (Å²) in [5.74, 6) is -1.59. The zero-order valence-electron chi connectivity index (χ0n) is 15.3. The number of pyridine rings is 1. The van der Waals surface area contributed by atoms with E-state index in [9.17, 15) is 14.7 Å². The van der Waals surface area contributed by atoms with E-state index in [1.807, 2.05) is 11.8 Å². The Labute approximate surface area is 155 Å². The number of piperazine rings is 1. The highest BCUT2D eigenvalue weighted by molar-refractivity contribution is 5.97. The third kappa shape index (κ3) is 2.93. The van der Waals surface area contributed by atoms with E-state index >= 15 is 4.39 Å². The maximum atomic E-state index is 15.1. The fourth-order valence-corrected chi connectivity index (χ4v) is 3.86. The number of rotatable bonds is 4. The highest BCUT2D eigenvalue weighted by Gasteiger charge is 2.32. The van der Waals surface area contributed by atoms with Crippen molar-refractivity contribution in [3.63, 3.8) is 0 Å². The Morgan fingerprint density at radius 3 is 2.74 bits per heavy atom. The summed E-state index contributed by atoms with van der Waals surface area (Å²) in [5, 5.41) is 12.7. The molecule has 1 aromatic heterocycles. The fourth-order valence-electron chi connectivity index (χ4n) is 3.86. The van der Waals surface area contributed by atoms with Gasteiger partial charge in [-0.25, -0.2) is 9.18 Å². The molecule has 0 amide bonds. The molecule has 0 radical (unpaired) electrons. The molecule has 0 unspecified atom stereocenters. The van der Waals surface area contributed by atoms with Crippen LogP contribution in [0.4, 0.5) is 10.1 Å². The lowest BCUT2D eigenvalue weighted by molar-refractivity contribution is 0.0695. The molecule has 1 aliphatic heterocycles. The molecule has 0 bridgehead atoms. The fraction of sp³-hybridized carbons (Fsp3) is 0.474. The first kappa shape index (κ1) is 17.8. The molecule has 4 rings (SSSR count). The molecule has 1 saturated carbocycles. The molecule has 144 valence electrons. The minimum Gasteiger partial charge on any atom is -0.492 e. The molecule has 1 saturated heterocycles. The standard InChI is InChI=1S/C19H22FN3O4/c1-10-8-22(6-5-21-10)16-14(20)7-12-15(18(16)27-2)23(11-3-4-11)9-13(17(12)24)19(25)26/h7,9-11,21H,3-6,8H2,1-2H3,(H,25,26)/t10-/m1/s1. The predicted molar refractivity (Wildman–Crippen MR) is 99.6 cm³/mol. The van der Waals surface area contributed by atoms with Gasteiger partial charge >= 0.3 is 5.97 Å². The third-order valence-electron chi connectivity index (χ3n) is 5.26. The van der Waals surface area contributed by atoms with E-state index < -0.39 is 17.2 Å². The van der Waals surface area contributed by atoms with Crippen LogP contribution in [-0.2, 0) is 0 Å². The number of benzene rings is 1. The van der Waals surface area contributed by atoms with E-state index in [0.29, 0.717) is 30.0 Å². The number of ether oxygens (including phenoxy) is 1. The highest BCUT2D eigenvalue weighted by Crippen LogP contribution is 2.43. The third-order valence-corrected chi connectivity index (χ3v) is 5.26. The predicted octanol–water partition coefficient (Wildman–Crippen LogP) is 1.98. The number of carbonyl (C=O) groups is 1. The van der Waals surface area contributed by atoms with E-state index in [-0.39, 0.29) is 23.0 Å². The van der Waals surface area contributed by atoms with Crippen molar-refractivity contribution in [2.45, 2.75) is 31.8 Å². The van der Waals surface area contributed by atoms with Crippen molar-refractivity contribution in [1.29, 1.82) is 0 Å². The van der Waals surface area contributed by atoms with Crippen molar-refractivity contribution in [2.24, 2.45) is 0 Å². The normalized spacial score (nSPS) is 20.1. The summed E-state index contributed by atoms with van der Waals surface area (Å²) in [6.07, 6.45) is 3.14. The van der Waals surface area contributed by atoms with Crippen LogP contribution in [0.3, 0.4) is 0 Å². The van der Waals surface area contributed by atoms with Crippen molar-refractivity contribution in [1.82, 2.24) is 9.88 Å². The van der Waals surface area contributed by atoms with E-state index in [1.54, 1.807) is 4.57 Å². The van der Waals surface area contributed by atoms with E-state index in [1.165, 1.54) is 13.3 Å². The van der Waals surface area contributed by atoms with Gasteiger partial charge in [0, 0.05) is 37.9 Å². The molecule has 2 aliphatic rings. The van der Waals surface area contributed by atoms with Gasteiger partial charge in [-0.15, -0.1) is 0 Å². The summed E-state index contributed by atoms with van der Waals surface area (Å²) < 4.78 is 22.5. The van der Waals surface area contributed by atoms with Crippen molar-refractivity contribution < 1.29 is 19.0 Å². The monoisotopic (exact) mass is 375 g/mol. The van der Waals surface area contributed by atoms with Crippen molar-refractivity contribution >= 4 is 22.6 Å². The molecule has 2 fully saturated rings. The Hall–Kier alpha value is -2.61. The summed E-state index contributed by atoms with van der Waals surface area (Å²) in [4.78, 5) is 26.1. The van der Waals surface area contributed by atoms with Crippen LogP contribution in [0.5, 0.6) is 5.75 Å². The number of anilines is 1. The van der Waals surface area contributed by atoms with E-state index in [0.717, 1.165) is 25.5 Å². The van der Waals surface area contributed by atoms with Gasteiger partial charge in [0.2, 0.25) is 5.43 Å². The molecule has 1 atom stereocenters. The smallest absolute Gasteiger partial charge is 0.341 e. The molecule has 27 heavy (non-hydrogen) atoms. The SMILES string of the molecule is COc1c(N2CCN[C@H](C)C2)c(F)cc2c(=O)c(C(=O)O)cn(C3CC3)c12. The second-order valence-electron chi connectivity index (χ2n) is 7.25. The quantitative estimate of drug-likeness (QED) is 0.850. The Bertz CT molecular complexity index is 983. The van der Waals surface area contributed by atoms with Gasteiger partial charge < -0.3 is 24.6 Å². The van der Waals surface area contributed by atoms with Gasteiger partial charge in [-0.1, -0.05) is 0 Å². The molecule has 8 heteroatoms. The number of nitrogens with zero attached hydrogens (tertiary/aromatic N) is 2. The molecule has 1 aromatic carbocycles. The number of hydrogen-bond donors (Lipinski definition) is 2. The number of aromatic nitrogens is 1. The Kier molecular flexibility index (Phi) is 4.30. The summed E-state index contributed by atoms with van der Waals surface area (Å²) in [5.41, 5.74) is -0.237. The van der Waals surface area contributed by atoms with Gasteiger partial charge in [0.25, 0.3) is 0 Å². The average Bonchev–Trinajstić information content (AvgIpc) is 3.46. The second-order valence-corrected chi connectivity index (χ2v) is 7.25. The number of fused-ring (bicyclic) bond motifs is 1. The first-order valence-corrected chi connectivity index (χ1v) is 9.09. The minimum atomic E-state index is -1.31. The summed E-state index contributed by atoms with van der Waals surface area (Å²) >= 11 is 0. The molecular formula is C19H22FN3O4. The molecule has 1 aliphatic carbocycles. The lowest BCUT2D eigenvalue weighted by atomic mass is 10.1. The average molecular weight is 375 g/mol. The number of carboxylic acid groups (broad SMARTS) is 1. The summed E-state index contributed by atoms with van der Waals surface area (Å²) in [6.45, 7) is 3.97. The van der Waals surface area contributed by atoms with E-state index in [4.69, 9.17) is 4.74 Å². The number of halogens is 1. The maximum absolute atomic E-state index is 15.1. The lowest BCUT2D eigenvalue weighted by Crippen LogP contribution is -2.49. The molecule has 2 aromatic rings. The number of hydrogen-bond acceptors (Lipinski definition) is 5. The molecule has 2 heterocycles. The lowest BCUT2D eigenvalue weighted by Gasteiger charge is -2.35. The summed E-state index contributed by atoms with van der Waals surface area (Å²) in [6, 6.07) is 1.45. The number of methoxy groups -OCH3 is 1. The van der Waals surface area contributed by atoms with Crippen LogP contribution in [0.2, 0.25) is 0 Å². The van der Waals surface area contributed by atoms with Gasteiger partial charge in [0.15, 0.2) is 11.6 Å². The molecular weight excluding hydrogens is 353 g/mol. The minimum absolute atomic E-state index is 0.0445. The van der Waals surface area contributed by atoms with Gasteiger partial charge in [0.1, 0.15) is 11.3 Å². The van der Waals surface area contributed by atoms with Crippen LogP contribution in [0.25, 0.3) is 10.9 Å². The first-order valence-electron chi connectivity index (χ1n) is 9.09. The van der Waals surface area contributed by atoms with Crippen LogP contribution in [-0.4, -0.2) is 48.4 Å². The zero-order chi connectivity index (χ0) is 19.3. The van der Waals surface area contributed by atoms with Gasteiger partial charge in [0.05, 0.1) is 18.0 Å². The van der Waals surface area contributed by atoms with Gasteiger partial charge in [-0.05, 0) is 25.8 Å². The Balaban J connectivity index is 2.03. The zero-order valence-corrected chi connectivity index (χ0v) is 15.3. The Morgan fingerprint density at radius 1 is 1.41 bits per heavy atom. The summed E-state index contributed by atoms with van der Waals surface area (Å²) in [7, 11) is 1.45. The van der Waals surface area contributed by atoms with E-state index in [2.05, 4.69) is 5.32 Å². The Morgan fingerprint density at radius 2 is 2.15 bits per heavy atom. The molecule has 7 nitrogen and oxygen atoms in total. The van der Waals surface area contributed by atoms with Crippen LogP contribution >= 0.6 is 0 Å². The number of nitrogens with one attached hydrogen (secondary N) is 1. The molecule has 2 N–H and O–H groups in total. The van der Waals surface area contributed by atoms with Crippen molar-refractivity contribution in [3.8, 4) is 5.75 Å². The largest absolute Gasteiger partial charge is 0.492 e. The number of aromatic carboxylic acids is 1. The van der Waals surface area contributed by atoms with Crippen LogP contribution in [0.1, 0.15) is 36.2 Å². The van der Waals surface area contributed by atoms with Crippen LogP contribution in [0.15, 0.2) is 17.1 Å². The highest BCUT2D eigenvalue weighted by atomic mass is 19.1. The number of carboxylic acids is 1. The maximum Gasteiger partial charge on any atom is 0.341 e. The topological polar surface area (TPSA) is 83.8 Å². The van der Waals surface area contributed by atoms with Gasteiger partial charge in [-0.3, -0.25) is 4.79 Å². The van der Waals surface area contributed by atoms with Gasteiger partial charge in [-0.2, -0.15) is 0 Å². The van der Waals surface area contributed by atoms with Crippen molar-refractivity contribution in [3.05, 3.63) is 33.9 Å².